The fraction of sp³-hybridized carbons (Fsp3) is 0.304. The molecule has 2 N–H and O–H groups in total. The van der Waals surface area contributed by atoms with Crippen molar-refractivity contribution in [1.29, 1.82) is 0 Å². The van der Waals surface area contributed by atoms with Crippen LogP contribution in [0.2, 0.25) is 5.02 Å². The fourth-order valence-electron chi connectivity index (χ4n) is 4.20. The summed E-state index contributed by atoms with van der Waals surface area (Å²) in [7, 11) is -2.25. The standard InChI is InChI=1S/C23H23ClN4O4S/c1-23(7-10-32-11-8-23)33(29,30)20-12-15-17(6-9-25-18(15)13-19(20)31-2)26-22-14-4-3-5-16(24)21(14)27-28-22/h3-6,9,12-13H,7-8,10-11H2,1-2H3,(H2,25,26,27,28). The monoisotopic (exact) mass is 486 g/mol. The van der Waals surface area contributed by atoms with Crippen LogP contribution >= 0.6 is 11.6 Å². The molecule has 0 spiro atoms. The second-order valence-electron chi connectivity index (χ2n) is 8.30. The van der Waals surface area contributed by atoms with Crippen LogP contribution in [0, 0.1) is 0 Å². The number of benzene rings is 2. The predicted octanol–water partition coefficient (Wildman–Crippen LogP) is 4.86. The van der Waals surface area contributed by atoms with E-state index in [4.69, 9.17) is 21.1 Å². The number of aromatic nitrogens is 3. The van der Waals surface area contributed by atoms with Crippen LogP contribution in [0.1, 0.15) is 19.8 Å². The topological polar surface area (TPSA) is 106 Å². The van der Waals surface area contributed by atoms with E-state index in [2.05, 4.69) is 20.5 Å². The Morgan fingerprint density at radius 1 is 1.18 bits per heavy atom. The molecule has 172 valence electrons. The Hall–Kier alpha value is -2.88. The zero-order valence-electron chi connectivity index (χ0n) is 18.2. The second-order valence-corrected chi connectivity index (χ2v) is 11.1. The van der Waals surface area contributed by atoms with E-state index in [1.807, 2.05) is 12.1 Å². The van der Waals surface area contributed by atoms with Gasteiger partial charge in [-0.15, -0.1) is 0 Å². The minimum atomic E-state index is -3.71. The van der Waals surface area contributed by atoms with Crippen molar-refractivity contribution < 1.29 is 17.9 Å². The zero-order valence-corrected chi connectivity index (χ0v) is 19.8. The molecule has 3 heterocycles. The van der Waals surface area contributed by atoms with Gasteiger partial charge in [-0.3, -0.25) is 10.1 Å². The molecular weight excluding hydrogens is 464 g/mol. The maximum atomic E-state index is 13.8. The molecule has 0 atom stereocenters. The van der Waals surface area contributed by atoms with E-state index in [1.165, 1.54) is 7.11 Å². The number of rotatable bonds is 5. The van der Waals surface area contributed by atoms with Gasteiger partial charge in [0.05, 0.1) is 33.6 Å². The third kappa shape index (κ3) is 3.60. The molecule has 8 nitrogen and oxygen atoms in total. The number of methoxy groups -OCH3 is 1. The molecule has 5 rings (SSSR count). The summed E-state index contributed by atoms with van der Waals surface area (Å²) in [5, 5.41) is 12.6. The van der Waals surface area contributed by atoms with Crippen molar-refractivity contribution in [1.82, 2.24) is 15.2 Å². The van der Waals surface area contributed by atoms with Crippen molar-refractivity contribution in [3.05, 3.63) is 47.6 Å². The van der Waals surface area contributed by atoms with E-state index in [1.54, 1.807) is 37.4 Å². The first-order valence-corrected chi connectivity index (χ1v) is 12.4. The number of hydrogen-bond donors (Lipinski definition) is 2. The van der Waals surface area contributed by atoms with Gasteiger partial charge in [0.15, 0.2) is 15.7 Å². The van der Waals surface area contributed by atoms with Crippen LogP contribution < -0.4 is 10.1 Å². The van der Waals surface area contributed by atoms with Gasteiger partial charge in [-0.25, -0.2) is 8.42 Å². The number of hydrogen-bond acceptors (Lipinski definition) is 7. The van der Waals surface area contributed by atoms with Crippen LogP contribution in [0.25, 0.3) is 21.8 Å². The molecule has 0 aliphatic carbocycles. The summed E-state index contributed by atoms with van der Waals surface area (Å²) in [6.07, 6.45) is 2.50. The van der Waals surface area contributed by atoms with Gasteiger partial charge >= 0.3 is 0 Å². The molecular formula is C23H23ClN4O4S. The molecule has 0 radical (unpaired) electrons. The number of pyridine rings is 1. The smallest absolute Gasteiger partial charge is 0.187 e. The number of anilines is 2. The molecule has 2 aromatic carbocycles. The highest BCUT2D eigenvalue weighted by atomic mass is 35.5. The molecule has 2 aromatic heterocycles. The van der Waals surface area contributed by atoms with Gasteiger partial charge in [-0.2, -0.15) is 5.10 Å². The summed E-state index contributed by atoms with van der Waals surface area (Å²) in [5.74, 6) is 0.855. The van der Waals surface area contributed by atoms with Crippen molar-refractivity contribution in [3.63, 3.8) is 0 Å². The summed E-state index contributed by atoms with van der Waals surface area (Å²) in [4.78, 5) is 4.57. The van der Waals surface area contributed by atoms with Crippen LogP contribution in [-0.2, 0) is 14.6 Å². The Labute approximate surface area is 196 Å². The van der Waals surface area contributed by atoms with Gasteiger partial charge in [0.2, 0.25) is 0 Å². The summed E-state index contributed by atoms with van der Waals surface area (Å²) in [6, 6.07) is 10.6. The highest BCUT2D eigenvalue weighted by Gasteiger charge is 2.43. The highest BCUT2D eigenvalue weighted by Crippen LogP contribution is 2.41. The van der Waals surface area contributed by atoms with E-state index in [-0.39, 0.29) is 10.6 Å². The zero-order chi connectivity index (χ0) is 23.2. The van der Waals surface area contributed by atoms with Crippen LogP contribution in [0.3, 0.4) is 0 Å². The van der Waals surface area contributed by atoms with Crippen molar-refractivity contribution in [3.8, 4) is 5.75 Å². The molecule has 1 fully saturated rings. The summed E-state index contributed by atoms with van der Waals surface area (Å²) in [6.45, 7) is 2.60. The molecule has 4 aromatic rings. The molecule has 33 heavy (non-hydrogen) atoms. The Kier molecular flexibility index (Phi) is 5.43. The number of para-hydroxylation sites is 1. The fourth-order valence-corrected chi connectivity index (χ4v) is 6.33. The normalized spacial score (nSPS) is 16.2. The van der Waals surface area contributed by atoms with Crippen LogP contribution in [0.5, 0.6) is 5.75 Å². The first-order valence-electron chi connectivity index (χ1n) is 10.5. The molecule has 0 saturated carbocycles. The molecule has 0 amide bonds. The molecule has 1 aliphatic rings. The average molecular weight is 487 g/mol. The van der Waals surface area contributed by atoms with Crippen LogP contribution in [0.4, 0.5) is 11.5 Å². The SMILES string of the molecule is COc1cc2nccc(Nc3n[nH]c4c(Cl)cccc34)c2cc1S(=O)(=O)C1(C)CCOCC1. The van der Waals surface area contributed by atoms with Crippen molar-refractivity contribution >= 4 is 54.7 Å². The van der Waals surface area contributed by atoms with Crippen molar-refractivity contribution in [2.45, 2.75) is 29.4 Å². The summed E-state index contributed by atoms with van der Waals surface area (Å²) >= 11 is 6.26. The lowest BCUT2D eigenvalue weighted by molar-refractivity contribution is 0.0788. The van der Waals surface area contributed by atoms with Gasteiger partial charge in [-0.05, 0) is 44.0 Å². The quantitative estimate of drug-likeness (QED) is 0.415. The van der Waals surface area contributed by atoms with Gasteiger partial charge < -0.3 is 14.8 Å². The maximum absolute atomic E-state index is 13.8. The minimum absolute atomic E-state index is 0.146. The van der Waals surface area contributed by atoms with E-state index in [9.17, 15) is 8.42 Å². The molecule has 0 bridgehead atoms. The van der Waals surface area contributed by atoms with Gasteiger partial charge in [0, 0.05) is 36.2 Å². The third-order valence-electron chi connectivity index (χ3n) is 6.32. The lowest BCUT2D eigenvalue weighted by Crippen LogP contribution is -2.41. The summed E-state index contributed by atoms with van der Waals surface area (Å²) in [5.41, 5.74) is 1.99. The number of sulfone groups is 1. The van der Waals surface area contributed by atoms with Gasteiger partial charge in [0.25, 0.3) is 0 Å². The molecule has 0 unspecified atom stereocenters. The number of aromatic amines is 1. The van der Waals surface area contributed by atoms with E-state index in [0.717, 1.165) is 10.9 Å². The van der Waals surface area contributed by atoms with Crippen molar-refractivity contribution in [2.75, 3.05) is 25.6 Å². The maximum Gasteiger partial charge on any atom is 0.187 e. The molecule has 1 aliphatic heterocycles. The third-order valence-corrected chi connectivity index (χ3v) is 9.24. The van der Waals surface area contributed by atoms with E-state index < -0.39 is 14.6 Å². The van der Waals surface area contributed by atoms with Gasteiger partial charge in [-0.1, -0.05) is 17.7 Å². The Balaban J connectivity index is 1.65. The number of nitrogens with zero attached hydrogens (tertiary/aromatic N) is 2. The largest absolute Gasteiger partial charge is 0.495 e. The Morgan fingerprint density at radius 2 is 1.97 bits per heavy atom. The van der Waals surface area contributed by atoms with Gasteiger partial charge in [0.1, 0.15) is 10.6 Å². The van der Waals surface area contributed by atoms with E-state index >= 15 is 0 Å². The first-order chi connectivity index (χ1) is 15.8. The number of nitrogens with one attached hydrogen (secondary N) is 2. The van der Waals surface area contributed by atoms with Crippen LogP contribution in [-0.4, -0.2) is 48.7 Å². The predicted molar refractivity (Wildman–Crippen MR) is 128 cm³/mol. The number of fused-ring (bicyclic) bond motifs is 2. The number of halogens is 1. The lowest BCUT2D eigenvalue weighted by atomic mass is 10.0. The van der Waals surface area contributed by atoms with Crippen molar-refractivity contribution in [2.24, 2.45) is 0 Å². The molecule has 10 heteroatoms. The Morgan fingerprint density at radius 3 is 2.73 bits per heavy atom. The van der Waals surface area contributed by atoms with Crippen LogP contribution in [0.15, 0.2) is 47.5 Å². The summed E-state index contributed by atoms with van der Waals surface area (Å²) < 4.78 is 37.5. The van der Waals surface area contributed by atoms with E-state index in [0.29, 0.717) is 53.5 Å². The highest BCUT2D eigenvalue weighted by molar-refractivity contribution is 7.93. The average Bonchev–Trinajstić information content (AvgIpc) is 3.23. The number of H-pyrrole nitrogens is 1. The second kappa shape index (κ2) is 8.16. The molecule has 1 saturated heterocycles. The lowest BCUT2D eigenvalue weighted by Gasteiger charge is -2.33. The minimum Gasteiger partial charge on any atom is -0.495 e. The number of ether oxygens (including phenoxy) is 2. The first kappa shape index (κ1) is 21.9. The Bertz CT molecular complexity index is 1460.